The predicted molar refractivity (Wildman–Crippen MR) is 102 cm³/mol. The summed E-state index contributed by atoms with van der Waals surface area (Å²) in [5.41, 5.74) is 0. The molecular formula is C19H31NO4S. The molecule has 0 aliphatic carbocycles. The molecule has 0 aromatic heterocycles. The second kappa shape index (κ2) is 12.1. The van der Waals surface area contributed by atoms with Gasteiger partial charge >= 0.3 is 5.97 Å². The Balaban J connectivity index is 2.36. The van der Waals surface area contributed by atoms with Crippen LogP contribution in [0.25, 0.3) is 0 Å². The number of likely N-dealkylation sites (tertiary alicyclic amines) is 1. The summed E-state index contributed by atoms with van der Waals surface area (Å²) in [6.07, 6.45) is 9.36. The van der Waals surface area contributed by atoms with E-state index < -0.39 is 5.97 Å². The molecule has 6 heteroatoms. The fourth-order valence-corrected chi connectivity index (χ4v) is 3.85. The van der Waals surface area contributed by atoms with Crippen molar-refractivity contribution < 1.29 is 19.5 Å². The van der Waals surface area contributed by atoms with Crippen molar-refractivity contribution in [1.29, 1.82) is 0 Å². The number of thioether (sulfide) groups is 1. The van der Waals surface area contributed by atoms with E-state index in [1.807, 2.05) is 17.9 Å². The highest BCUT2D eigenvalue weighted by molar-refractivity contribution is 7.99. The first-order valence-corrected chi connectivity index (χ1v) is 10.3. The number of hydrogen-bond donors (Lipinski definition) is 1. The van der Waals surface area contributed by atoms with E-state index in [1.54, 1.807) is 17.8 Å². The van der Waals surface area contributed by atoms with Crippen LogP contribution in [-0.4, -0.2) is 51.3 Å². The van der Waals surface area contributed by atoms with E-state index >= 15 is 0 Å². The number of allylic oxidation sites excluding steroid dienone is 1. The van der Waals surface area contributed by atoms with Crippen LogP contribution < -0.4 is 0 Å². The van der Waals surface area contributed by atoms with Gasteiger partial charge in [0.15, 0.2) is 5.78 Å². The minimum atomic E-state index is -0.768. The first-order valence-electron chi connectivity index (χ1n) is 9.28. The first kappa shape index (κ1) is 21.7. The van der Waals surface area contributed by atoms with E-state index in [-0.39, 0.29) is 29.4 Å². The summed E-state index contributed by atoms with van der Waals surface area (Å²) in [7, 11) is 0. The smallest absolute Gasteiger partial charge is 0.303 e. The van der Waals surface area contributed by atoms with Gasteiger partial charge in [-0.3, -0.25) is 14.4 Å². The number of nitrogens with zero attached hydrogens (tertiary/aromatic N) is 1. The summed E-state index contributed by atoms with van der Waals surface area (Å²) in [5.74, 6) is 0.314. The summed E-state index contributed by atoms with van der Waals surface area (Å²) in [4.78, 5) is 36.3. The SMILES string of the molecule is CCCCCC(=O)/C=C/[C@H]1CCC(=O)N1CCSC(C)CCC(=O)O. The van der Waals surface area contributed by atoms with E-state index in [2.05, 4.69) is 6.92 Å². The fraction of sp³-hybridized carbons (Fsp3) is 0.737. The number of rotatable bonds is 13. The molecule has 0 radical (unpaired) electrons. The Labute approximate surface area is 155 Å². The van der Waals surface area contributed by atoms with Crippen LogP contribution in [0.3, 0.4) is 0 Å². The molecule has 142 valence electrons. The van der Waals surface area contributed by atoms with Crippen LogP contribution in [-0.2, 0) is 14.4 Å². The standard InChI is InChI=1S/C19H31NO4S/c1-3-4-5-6-17(21)10-8-16-9-11-18(22)20(16)13-14-25-15(2)7-12-19(23)24/h8,10,15-16H,3-7,9,11-14H2,1-2H3,(H,23,24)/b10-8+/t15?,16-/m0/s1. The number of amides is 1. The van der Waals surface area contributed by atoms with Gasteiger partial charge in [-0.05, 0) is 25.3 Å². The third-order valence-electron chi connectivity index (χ3n) is 4.40. The van der Waals surface area contributed by atoms with Crippen LogP contribution in [0.1, 0.15) is 65.2 Å². The molecule has 1 amide bonds. The maximum atomic E-state index is 12.1. The highest BCUT2D eigenvalue weighted by Gasteiger charge is 2.28. The topological polar surface area (TPSA) is 74.7 Å². The van der Waals surface area contributed by atoms with Crippen molar-refractivity contribution in [3.63, 3.8) is 0 Å². The molecule has 1 aliphatic rings. The Morgan fingerprint density at radius 2 is 2.12 bits per heavy atom. The highest BCUT2D eigenvalue weighted by atomic mass is 32.2. The zero-order valence-electron chi connectivity index (χ0n) is 15.4. The zero-order valence-corrected chi connectivity index (χ0v) is 16.2. The van der Waals surface area contributed by atoms with Crippen molar-refractivity contribution >= 4 is 29.4 Å². The van der Waals surface area contributed by atoms with Crippen molar-refractivity contribution in [2.24, 2.45) is 0 Å². The van der Waals surface area contributed by atoms with E-state index in [1.165, 1.54) is 0 Å². The molecule has 0 aromatic rings. The maximum Gasteiger partial charge on any atom is 0.303 e. The first-order chi connectivity index (χ1) is 11.9. The average Bonchev–Trinajstić information content (AvgIpc) is 2.91. The van der Waals surface area contributed by atoms with Gasteiger partial charge in [0.25, 0.3) is 0 Å². The molecule has 1 heterocycles. The van der Waals surface area contributed by atoms with Gasteiger partial charge in [0.05, 0.1) is 6.04 Å². The second-order valence-corrected chi connectivity index (χ2v) is 8.14. The molecule has 5 nitrogen and oxygen atoms in total. The molecule has 1 aliphatic heterocycles. The summed E-state index contributed by atoms with van der Waals surface area (Å²) >= 11 is 1.70. The minimum absolute atomic E-state index is 0.0255. The predicted octanol–water partition coefficient (Wildman–Crippen LogP) is 3.67. The summed E-state index contributed by atoms with van der Waals surface area (Å²) in [5, 5.41) is 8.97. The molecular weight excluding hydrogens is 338 g/mol. The molecule has 0 bridgehead atoms. The Hall–Kier alpha value is -1.30. The monoisotopic (exact) mass is 369 g/mol. The molecule has 1 saturated heterocycles. The van der Waals surface area contributed by atoms with Gasteiger partial charge in [-0.1, -0.05) is 32.8 Å². The Bertz CT molecular complexity index is 478. The average molecular weight is 370 g/mol. The number of unbranched alkanes of at least 4 members (excludes halogenated alkanes) is 2. The normalized spacial score (nSPS) is 18.9. The largest absolute Gasteiger partial charge is 0.481 e. The number of hydrogen-bond acceptors (Lipinski definition) is 4. The van der Waals surface area contributed by atoms with Crippen LogP contribution in [0.2, 0.25) is 0 Å². The molecule has 25 heavy (non-hydrogen) atoms. The summed E-state index contributed by atoms with van der Waals surface area (Å²) in [6, 6.07) is 0.0255. The lowest BCUT2D eigenvalue weighted by Gasteiger charge is -2.23. The van der Waals surface area contributed by atoms with Gasteiger partial charge in [-0.15, -0.1) is 0 Å². The molecule has 0 spiro atoms. The van der Waals surface area contributed by atoms with Gasteiger partial charge in [-0.25, -0.2) is 0 Å². The van der Waals surface area contributed by atoms with Crippen molar-refractivity contribution in [3.8, 4) is 0 Å². The Morgan fingerprint density at radius 3 is 2.80 bits per heavy atom. The van der Waals surface area contributed by atoms with Crippen molar-refractivity contribution in [2.45, 2.75) is 76.5 Å². The maximum absolute atomic E-state index is 12.1. The van der Waals surface area contributed by atoms with Gasteiger partial charge in [0.2, 0.25) is 5.91 Å². The number of carbonyl (C=O) groups is 3. The molecule has 1 rings (SSSR count). The molecule has 1 fully saturated rings. The number of aliphatic carboxylic acids is 1. The lowest BCUT2D eigenvalue weighted by Crippen LogP contribution is -2.34. The van der Waals surface area contributed by atoms with E-state index in [0.29, 0.717) is 25.8 Å². The van der Waals surface area contributed by atoms with Crippen LogP contribution >= 0.6 is 11.8 Å². The van der Waals surface area contributed by atoms with Crippen molar-refractivity contribution in [2.75, 3.05) is 12.3 Å². The van der Waals surface area contributed by atoms with Crippen LogP contribution in [0, 0.1) is 0 Å². The summed E-state index contributed by atoms with van der Waals surface area (Å²) < 4.78 is 0. The van der Waals surface area contributed by atoms with Gasteiger partial charge in [0.1, 0.15) is 0 Å². The highest BCUT2D eigenvalue weighted by Crippen LogP contribution is 2.22. The fourth-order valence-electron chi connectivity index (χ4n) is 2.86. The number of carboxylic acid groups (broad SMARTS) is 1. The lowest BCUT2D eigenvalue weighted by atomic mass is 10.1. The summed E-state index contributed by atoms with van der Waals surface area (Å²) in [6.45, 7) is 4.79. The quantitative estimate of drug-likeness (QED) is 0.396. The van der Waals surface area contributed by atoms with Gasteiger partial charge in [0, 0.05) is 36.8 Å². The van der Waals surface area contributed by atoms with E-state index in [9.17, 15) is 14.4 Å². The molecule has 1 unspecified atom stereocenters. The van der Waals surface area contributed by atoms with E-state index in [4.69, 9.17) is 5.11 Å². The van der Waals surface area contributed by atoms with Gasteiger partial charge in [-0.2, -0.15) is 11.8 Å². The number of carboxylic acids is 1. The van der Waals surface area contributed by atoms with Crippen LogP contribution in [0.5, 0.6) is 0 Å². The molecule has 2 atom stereocenters. The third-order valence-corrected chi connectivity index (χ3v) is 5.63. The Kier molecular flexibility index (Phi) is 10.5. The van der Waals surface area contributed by atoms with E-state index in [0.717, 1.165) is 31.4 Å². The lowest BCUT2D eigenvalue weighted by molar-refractivity contribution is -0.137. The molecule has 0 saturated carbocycles. The Morgan fingerprint density at radius 1 is 1.36 bits per heavy atom. The number of carbonyl (C=O) groups excluding carboxylic acids is 2. The van der Waals surface area contributed by atoms with Crippen LogP contribution in [0.15, 0.2) is 12.2 Å². The molecule has 1 N–H and O–H groups in total. The zero-order chi connectivity index (χ0) is 18.7. The van der Waals surface area contributed by atoms with Crippen molar-refractivity contribution in [3.05, 3.63) is 12.2 Å². The van der Waals surface area contributed by atoms with Crippen LogP contribution in [0.4, 0.5) is 0 Å². The number of ketones is 1. The minimum Gasteiger partial charge on any atom is -0.481 e. The molecule has 0 aromatic carbocycles. The van der Waals surface area contributed by atoms with Gasteiger partial charge < -0.3 is 10.0 Å². The second-order valence-electron chi connectivity index (χ2n) is 6.59. The van der Waals surface area contributed by atoms with Crippen molar-refractivity contribution in [1.82, 2.24) is 4.90 Å². The third kappa shape index (κ3) is 9.10.